The lowest BCUT2D eigenvalue weighted by Gasteiger charge is -2.00. The van der Waals surface area contributed by atoms with Crippen LogP contribution < -0.4 is 0 Å². The van der Waals surface area contributed by atoms with Gasteiger partial charge in [-0.15, -0.1) is 0 Å². The minimum atomic E-state index is -4.63. The molecule has 0 saturated carbocycles. The lowest BCUT2D eigenvalue weighted by Crippen LogP contribution is -2.04. The maximum atomic E-state index is 12.3. The van der Waals surface area contributed by atoms with E-state index in [2.05, 4.69) is 14.7 Å². The molecule has 0 aliphatic heterocycles. The van der Waals surface area contributed by atoms with Crippen LogP contribution in [0.2, 0.25) is 0 Å². The van der Waals surface area contributed by atoms with Gasteiger partial charge in [0, 0.05) is 5.56 Å². The van der Waals surface area contributed by atoms with E-state index < -0.39 is 12.1 Å². The average Bonchev–Trinajstić information content (AvgIpc) is 2.89. The Bertz CT molecular complexity index is 576. The molecule has 0 atom stereocenters. The third kappa shape index (κ3) is 4.40. The number of aromatic nitrogens is 2. The van der Waals surface area contributed by atoms with Gasteiger partial charge >= 0.3 is 12.1 Å². The van der Waals surface area contributed by atoms with Crippen LogP contribution in [-0.2, 0) is 12.6 Å². The monoisotopic (exact) mass is 299 g/mol. The number of alkyl halides is 3. The van der Waals surface area contributed by atoms with E-state index in [4.69, 9.17) is 5.41 Å². The maximum Gasteiger partial charge on any atom is 0.471 e. The Balaban J connectivity index is 0.00000220. The average molecular weight is 299 g/mol. The molecule has 0 aliphatic carbocycles. The number of aryl methyl sites for hydroxylation is 1. The molecule has 0 unspecified atom stereocenters. The van der Waals surface area contributed by atoms with Crippen LogP contribution in [0.1, 0.15) is 31.7 Å². The van der Waals surface area contributed by atoms with Crippen molar-refractivity contribution >= 4 is 6.21 Å². The second kappa shape index (κ2) is 7.01. The summed E-state index contributed by atoms with van der Waals surface area (Å²) in [4.78, 5) is 3.32. The summed E-state index contributed by atoms with van der Waals surface area (Å²) in [6.07, 6.45) is -0.884. The van der Waals surface area contributed by atoms with Crippen LogP contribution in [0.5, 0.6) is 0 Å². The van der Waals surface area contributed by atoms with E-state index in [1.807, 2.05) is 12.1 Å². The zero-order chi connectivity index (χ0) is 14.6. The first kappa shape index (κ1) is 16.9. The Morgan fingerprint density at radius 2 is 1.86 bits per heavy atom. The number of halogens is 3. The summed E-state index contributed by atoms with van der Waals surface area (Å²) in [7, 11) is 0. The van der Waals surface area contributed by atoms with Crippen molar-refractivity contribution in [3.05, 3.63) is 35.7 Å². The lowest BCUT2D eigenvalue weighted by atomic mass is 10.1. The topological polar surface area (TPSA) is 62.8 Å². The molecule has 0 radical (unpaired) electrons. The first-order chi connectivity index (χ1) is 9.50. The standard InChI is InChI=1S/C13H12F3N3O.CH4/c14-13(15,16)12-18-11(19-20-12)10-6-4-9(5-7-10)3-1-2-8-17;/h4-8,17H,1-3H2;1H4. The molecule has 21 heavy (non-hydrogen) atoms. The van der Waals surface area contributed by atoms with Gasteiger partial charge in [-0.2, -0.15) is 18.2 Å². The number of hydrogen-bond donors (Lipinski definition) is 1. The lowest BCUT2D eigenvalue weighted by molar-refractivity contribution is -0.159. The fraction of sp³-hybridized carbons (Fsp3) is 0.357. The van der Waals surface area contributed by atoms with Gasteiger partial charge in [-0.1, -0.05) is 36.8 Å². The van der Waals surface area contributed by atoms with Gasteiger partial charge < -0.3 is 9.93 Å². The highest BCUT2D eigenvalue weighted by Crippen LogP contribution is 2.29. The van der Waals surface area contributed by atoms with E-state index in [9.17, 15) is 13.2 Å². The highest BCUT2D eigenvalue weighted by molar-refractivity contribution is 5.55. The van der Waals surface area contributed by atoms with Gasteiger partial charge in [0.1, 0.15) is 0 Å². The van der Waals surface area contributed by atoms with Crippen molar-refractivity contribution in [3.8, 4) is 11.4 Å². The molecule has 114 valence electrons. The summed E-state index contributed by atoms with van der Waals surface area (Å²) in [6, 6.07) is 6.93. The molecule has 2 rings (SSSR count). The second-order valence-electron chi connectivity index (χ2n) is 4.21. The van der Waals surface area contributed by atoms with Crippen molar-refractivity contribution in [2.24, 2.45) is 0 Å². The Labute approximate surface area is 120 Å². The molecular weight excluding hydrogens is 283 g/mol. The summed E-state index contributed by atoms with van der Waals surface area (Å²) in [6.45, 7) is 0. The molecule has 4 nitrogen and oxygen atoms in total. The molecule has 0 spiro atoms. The fourth-order valence-electron chi connectivity index (χ4n) is 1.68. The number of hydrogen-bond acceptors (Lipinski definition) is 4. The number of nitrogens with one attached hydrogen (secondary N) is 1. The van der Waals surface area contributed by atoms with Crippen molar-refractivity contribution in [2.45, 2.75) is 32.9 Å². The Morgan fingerprint density at radius 3 is 2.38 bits per heavy atom. The highest BCUT2D eigenvalue weighted by Gasteiger charge is 2.38. The molecule has 1 N–H and O–H groups in total. The minimum absolute atomic E-state index is 0. The number of benzene rings is 1. The van der Waals surface area contributed by atoms with Crippen LogP contribution in [0.15, 0.2) is 28.8 Å². The summed E-state index contributed by atoms with van der Waals surface area (Å²) in [5.74, 6) is -1.43. The summed E-state index contributed by atoms with van der Waals surface area (Å²) in [5, 5.41) is 10.2. The van der Waals surface area contributed by atoms with Gasteiger partial charge in [-0.25, -0.2) is 0 Å². The maximum absolute atomic E-state index is 12.3. The van der Waals surface area contributed by atoms with E-state index in [0.29, 0.717) is 12.0 Å². The normalized spacial score (nSPS) is 11.0. The predicted molar refractivity (Wildman–Crippen MR) is 73.2 cm³/mol. The first-order valence-electron chi connectivity index (χ1n) is 6.00. The summed E-state index contributed by atoms with van der Waals surface area (Å²) >= 11 is 0. The molecule has 0 saturated heterocycles. The quantitative estimate of drug-likeness (QED) is 0.659. The summed E-state index contributed by atoms with van der Waals surface area (Å²) in [5.41, 5.74) is 1.52. The molecule has 0 amide bonds. The smallest absolute Gasteiger partial charge is 0.329 e. The first-order valence-corrected chi connectivity index (χ1v) is 6.00. The van der Waals surface area contributed by atoms with Crippen molar-refractivity contribution in [3.63, 3.8) is 0 Å². The van der Waals surface area contributed by atoms with E-state index in [1.165, 1.54) is 6.21 Å². The van der Waals surface area contributed by atoms with Crippen LogP contribution in [-0.4, -0.2) is 16.4 Å². The predicted octanol–water partition coefficient (Wildman–Crippen LogP) is 4.36. The molecule has 2 aromatic rings. The molecule has 0 fully saturated rings. The van der Waals surface area contributed by atoms with E-state index in [1.54, 1.807) is 12.1 Å². The number of rotatable bonds is 5. The number of unbranched alkanes of at least 4 members (excludes halogenated alkanes) is 1. The zero-order valence-electron chi connectivity index (χ0n) is 10.4. The highest BCUT2D eigenvalue weighted by atomic mass is 19.4. The largest absolute Gasteiger partial charge is 0.471 e. The summed E-state index contributed by atoms with van der Waals surface area (Å²) < 4.78 is 41.2. The van der Waals surface area contributed by atoms with Gasteiger partial charge in [-0.3, -0.25) is 0 Å². The van der Waals surface area contributed by atoms with Crippen LogP contribution in [0, 0.1) is 5.41 Å². The third-order valence-electron chi connectivity index (χ3n) is 2.69. The van der Waals surface area contributed by atoms with Crippen LogP contribution in [0.25, 0.3) is 11.4 Å². The van der Waals surface area contributed by atoms with Gasteiger partial charge in [0.15, 0.2) is 0 Å². The Morgan fingerprint density at radius 1 is 1.19 bits per heavy atom. The molecule has 1 aromatic heterocycles. The Hall–Kier alpha value is -2.18. The van der Waals surface area contributed by atoms with Crippen LogP contribution >= 0.6 is 0 Å². The molecule has 0 aliphatic rings. The molecule has 1 aromatic carbocycles. The SMILES string of the molecule is C.N=CCCCc1ccc(-c2noc(C(F)(F)F)n2)cc1. The van der Waals surface area contributed by atoms with Crippen LogP contribution in [0.4, 0.5) is 13.2 Å². The van der Waals surface area contributed by atoms with E-state index >= 15 is 0 Å². The second-order valence-corrected chi connectivity index (χ2v) is 4.21. The van der Waals surface area contributed by atoms with E-state index in [0.717, 1.165) is 18.4 Å². The van der Waals surface area contributed by atoms with Crippen molar-refractivity contribution in [1.82, 2.24) is 10.1 Å². The molecular formula is C14H16F3N3O. The van der Waals surface area contributed by atoms with Gasteiger partial charge in [0.2, 0.25) is 5.82 Å². The van der Waals surface area contributed by atoms with Gasteiger partial charge in [0.25, 0.3) is 0 Å². The van der Waals surface area contributed by atoms with E-state index in [-0.39, 0.29) is 13.3 Å². The third-order valence-corrected chi connectivity index (χ3v) is 2.69. The fourth-order valence-corrected chi connectivity index (χ4v) is 1.68. The Kier molecular flexibility index (Phi) is 5.63. The van der Waals surface area contributed by atoms with Gasteiger partial charge in [0.05, 0.1) is 0 Å². The van der Waals surface area contributed by atoms with Crippen LogP contribution in [0.3, 0.4) is 0 Å². The number of nitrogens with zero attached hydrogens (tertiary/aromatic N) is 2. The minimum Gasteiger partial charge on any atom is -0.329 e. The van der Waals surface area contributed by atoms with Crippen molar-refractivity contribution < 1.29 is 17.7 Å². The molecule has 0 bridgehead atoms. The van der Waals surface area contributed by atoms with Crippen molar-refractivity contribution in [2.75, 3.05) is 0 Å². The molecule has 7 heteroatoms. The molecule has 1 heterocycles. The van der Waals surface area contributed by atoms with Gasteiger partial charge in [-0.05, 0) is 31.0 Å². The zero-order valence-corrected chi connectivity index (χ0v) is 10.4. The van der Waals surface area contributed by atoms with Crippen molar-refractivity contribution in [1.29, 1.82) is 5.41 Å².